The van der Waals surface area contributed by atoms with Crippen LogP contribution in [0.1, 0.15) is 5.82 Å². The van der Waals surface area contributed by atoms with Crippen molar-refractivity contribution in [2.45, 2.75) is 6.42 Å². The first-order chi connectivity index (χ1) is 5.68. The fourth-order valence-corrected chi connectivity index (χ4v) is 0.783. The molecule has 66 valence electrons. The minimum atomic E-state index is 0.103. The molecule has 0 fully saturated rings. The number of rotatable bonds is 3. The Morgan fingerprint density at radius 2 is 2.42 bits per heavy atom. The molecule has 0 aliphatic heterocycles. The number of nitrogens with zero attached hydrogens (tertiary/aromatic N) is 4. The van der Waals surface area contributed by atoms with Gasteiger partial charge in [-0.2, -0.15) is 5.10 Å². The average molecular weight is 168 g/mol. The Hall–Kier alpha value is -1.59. The number of aliphatic imine (C=N–C) groups is 1. The first kappa shape index (κ1) is 8.51. The highest BCUT2D eigenvalue weighted by molar-refractivity contribution is 5.75. The molecule has 0 aliphatic carbocycles. The second-order valence-corrected chi connectivity index (χ2v) is 2.39. The molecule has 0 saturated carbocycles. The van der Waals surface area contributed by atoms with Crippen molar-refractivity contribution in [3.8, 4) is 0 Å². The molecule has 1 aromatic rings. The van der Waals surface area contributed by atoms with E-state index in [0.717, 1.165) is 5.82 Å². The summed E-state index contributed by atoms with van der Waals surface area (Å²) < 4.78 is 1.64. The Balaban J connectivity index is 2.38. The van der Waals surface area contributed by atoms with Gasteiger partial charge in [0.15, 0.2) is 11.8 Å². The topological polar surface area (TPSA) is 95.1 Å². The Kier molecular flexibility index (Phi) is 2.62. The molecule has 0 aromatic carbocycles. The predicted octanol–water partition coefficient (Wildman–Crippen LogP) is -1.37. The van der Waals surface area contributed by atoms with Crippen molar-refractivity contribution in [3.05, 3.63) is 12.2 Å². The van der Waals surface area contributed by atoms with Crippen LogP contribution in [0.3, 0.4) is 0 Å². The number of aromatic nitrogens is 3. The van der Waals surface area contributed by atoms with Gasteiger partial charge in [0.25, 0.3) is 0 Å². The molecule has 4 N–H and O–H groups in total. The lowest BCUT2D eigenvalue weighted by Gasteiger charge is -1.91. The summed E-state index contributed by atoms with van der Waals surface area (Å²) in [6.07, 6.45) is 2.31. The summed E-state index contributed by atoms with van der Waals surface area (Å²) in [6, 6.07) is 0. The average Bonchev–Trinajstić information content (AvgIpc) is 2.35. The van der Waals surface area contributed by atoms with Crippen LogP contribution in [0.4, 0.5) is 0 Å². The SMILES string of the molecule is Cn1cnc(CCN=C(N)N)n1. The zero-order chi connectivity index (χ0) is 8.97. The van der Waals surface area contributed by atoms with E-state index in [1.54, 1.807) is 11.0 Å². The third kappa shape index (κ3) is 2.57. The van der Waals surface area contributed by atoms with Crippen molar-refractivity contribution < 1.29 is 0 Å². The lowest BCUT2D eigenvalue weighted by Crippen LogP contribution is -2.23. The third-order valence-corrected chi connectivity index (χ3v) is 1.28. The van der Waals surface area contributed by atoms with Crippen molar-refractivity contribution in [2.75, 3.05) is 6.54 Å². The van der Waals surface area contributed by atoms with Gasteiger partial charge >= 0.3 is 0 Å². The summed E-state index contributed by atoms with van der Waals surface area (Å²) in [6.45, 7) is 0.534. The number of aryl methyl sites for hydroxylation is 1. The van der Waals surface area contributed by atoms with Crippen LogP contribution in [-0.2, 0) is 13.5 Å². The largest absolute Gasteiger partial charge is 0.370 e. The first-order valence-corrected chi connectivity index (χ1v) is 3.58. The van der Waals surface area contributed by atoms with E-state index in [4.69, 9.17) is 11.5 Å². The molecule has 1 heterocycles. The smallest absolute Gasteiger partial charge is 0.185 e. The molecule has 12 heavy (non-hydrogen) atoms. The van der Waals surface area contributed by atoms with Gasteiger partial charge in [-0.15, -0.1) is 0 Å². The second kappa shape index (κ2) is 3.70. The van der Waals surface area contributed by atoms with Crippen LogP contribution in [0.2, 0.25) is 0 Å². The minimum Gasteiger partial charge on any atom is -0.370 e. The number of hydrogen-bond acceptors (Lipinski definition) is 3. The summed E-state index contributed by atoms with van der Waals surface area (Å²) in [7, 11) is 1.82. The van der Waals surface area contributed by atoms with E-state index in [0.29, 0.717) is 13.0 Å². The van der Waals surface area contributed by atoms with Crippen LogP contribution >= 0.6 is 0 Å². The lowest BCUT2D eigenvalue weighted by atomic mass is 10.4. The van der Waals surface area contributed by atoms with Crippen molar-refractivity contribution >= 4 is 5.96 Å². The van der Waals surface area contributed by atoms with E-state index < -0.39 is 0 Å². The lowest BCUT2D eigenvalue weighted by molar-refractivity contribution is 0.739. The van der Waals surface area contributed by atoms with Crippen LogP contribution in [-0.4, -0.2) is 27.3 Å². The molecule has 1 aromatic heterocycles. The molecule has 0 saturated heterocycles. The molecule has 0 aliphatic rings. The highest BCUT2D eigenvalue weighted by Gasteiger charge is 1.96. The summed E-state index contributed by atoms with van der Waals surface area (Å²) in [4.78, 5) is 7.83. The highest BCUT2D eigenvalue weighted by Crippen LogP contribution is 1.89. The molecule has 0 spiro atoms. The first-order valence-electron chi connectivity index (χ1n) is 3.58. The van der Waals surface area contributed by atoms with Gasteiger partial charge in [-0.05, 0) is 0 Å². The van der Waals surface area contributed by atoms with E-state index in [1.807, 2.05) is 7.05 Å². The molecule has 6 heteroatoms. The Morgan fingerprint density at radius 3 is 2.92 bits per heavy atom. The Bertz CT molecular complexity index is 271. The second-order valence-electron chi connectivity index (χ2n) is 2.39. The minimum absolute atomic E-state index is 0.103. The number of hydrogen-bond donors (Lipinski definition) is 2. The van der Waals surface area contributed by atoms with Gasteiger partial charge in [-0.3, -0.25) is 9.67 Å². The van der Waals surface area contributed by atoms with Gasteiger partial charge < -0.3 is 11.5 Å². The maximum absolute atomic E-state index is 5.14. The molecular formula is C6H12N6. The van der Waals surface area contributed by atoms with Gasteiger partial charge in [0.05, 0.1) is 0 Å². The third-order valence-electron chi connectivity index (χ3n) is 1.28. The molecular weight excluding hydrogens is 156 g/mol. The normalized spacial score (nSPS) is 9.75. The maximum Gasteiger partial charge on any atom is 0.185 e. The van der Waals surface area contributed by atoms with Crippen LogP contribution in [0, 0.1) is 0 Å². The molecule has 0 unspecified atom stereocenters. The van der Waals surface area contributed by atoms with E-state index in [2.05, 4.69) is 15.1 Å². The fraction of sp³-hybridized carbons (Fsp3) is 0.500. The van der Waals surface area contributed by atoms with Crippen LogP contribution in [0.25, 0.3) is 0 Å². The Labute approximate surface area is 70.3 Å². The van der Waals surface area contributed by atoms with Crippen molar-refractivity contribution in [3.63, 3.8) is 0 Å². The van der Waals surface area contributed by atoms with E-state index >= 15 is 0 Å². The van der Waals surface area contributed by atoms with Crippen molar-refractivity contribution in [2.24, 2.45) is 23.5 Å². The molecule has 1 rings (SSSR count). The van der Waals surface area contributed by atoms with Gasteiger partial charge in [-0.25, -0.2) is 4.98 Å². The molecule has 0 atom stereocenters. The molecule has 0 bridgehead atoms. The standard InChI is InChI=1S/C6H12N6/c1-12-4-10-5(11-12)2-3-9-6(7)8/h4H,2-3H2,1H3,(H4,7,8,9). The number of guanidine groups is 1. The zero-order valence-corrected chi connectivity index (χ0v) is 6.94. The van der Waals surface area contributed by atoms with E-state index in [1.165, 1.54) is 0 Å². The maximum atomic E-state index is 5.14. The van der Waals surface area contributed by atoms with Crippen LogP contribution in [0.15, 0.2) is 11.3 Å². The quantitative estimate of drug-likeness (QED) is 0.430. The van der Waals surface area contributed by atoms with E-state index in [-0.39, 0.29) is 5.96 Å². The molecule has 0 radical (unpaired) electrons. The summed E-state index contributed by atoms with van der Waals surface area (Å²) in [5, 5.41) is 4.06. The van der Waals surface area contributed by atoms with Crippen LogP contribution in [0.5, 0.6) is 0 Å². The summed E-state index contributed by atoms with van der Waals surface area (Å²) in [5.41, 5.74) is 10.3. The highest BCUT2D eigenvalue weighted by atomic mass is 15.3. The monoisotopic (exact) mass is 168 g/mol. The molecule has 6 nitrogen and oxygen atoms in total. The predicted molar refractivity (Wildman–Crippen MR) is 45.4 cm³/mol. The van der Waals surface area contributed by atoms with Crippen molar-refractivity contribution in [1.29, 1.82) is 0 Å². The van der Waals surface area contributed by atoms with Gasteiger partial charge in [0, 0.05) is 20.0 Å². The van der Waals surface area contributed by atoms with Gasteiger partial charge in [0.2, 0.25) is 0 Å². The van der Waals surface area contributed by atoms with Gasteiger partial charge in [-0.1, -0.05) is 0 Å². The van der Waals surface area contributed by atoms with Crippen LogP contribution < -0.4 is 11.5 Å². The summed E-state index contributed by atoms with van der Waals surface area (Å²) >= 11 is 0. The fourth-order valence-electron chi connectivity index (χ4n) is 0.783. The zero-order valence-electron chi connectivity index (χ0n) is 6.94. The van der Waals surface area contributed by atoms with E-state index in [9.17, 15) is 0 Å². The molecule has 0 amide bonds. The number of nitrogens with two attached hydrogens (primary N) is 2. The Morgan fingerprint density at radius 1 is 1.67 bits per heavy atom. The van der Waals surface area contributed by atoms with Crippen molar-refractivity contribution in [1.82, 2.24) is 14.8 Å². The summed E-state index contributed by atoms with van der Waals surface area (Å²) in [5.74, 6) is 0.855. The van der Waals surface area contributed by atoms with Gasteiger partial charge in [0.1, 0.15) is 6.33 Å².